The van der Waals surface area contributed by atoms with Crippen molar-refractivity contribution in [3.63, 3.8) is 0 Å². The van der Waals surface area contributed by atoms with E-state index in [0.29, 0.717) is 11.8 Å². The Hall–Kier alpha value is -2.52. The average molecular weight is 435 g/mol. The second-order valence-electron chi connectivity index (χ2n) is 6.73. The van der Waals surface area contributed by atoms with Crippen molar-refractivity contribution in [1.82, 2.24) is 0 Å². The number of nitrogens with zero attached hydrogens (tertiary/aromatic N) is 1. The van der Waals surface area contributed by atoms with Crippen LogP contribution in [0.25, 0.3) is 0 Å². The molecule has 0 aliphatic carbocycles. The molecule has 1 heterocycles. The van der Waals surface area contributed by atoms with Gasteiger partial charge in [0.2, 0.25) is 10.0 Å². The van der Waals surface area contributed by atoms with Gasteiger partial charge in [-0.1, -0.05) is 31.2 Å². The number of ether oxygens (including phenoxy) is 1. The Labute approximate surface area is 174 Å². The second-order valence-corrected chi connectivity index (χ2v) is 9.95. The number of sulfonamides is 1. The number of anilines is 2. The normalized spacial score (nSPS) is 16.5. The summed E-state index contributed by atoms with van der Waals surface area (Å²) in [5.74, 6) is -1.09. The van der Waals surface area contributed by atoms with Gasteiger partial charge in [-0.3, -0.25) is 9.52 Å². The fourth-order valence-corrected chi connectivity index (χ4v) is 4.67. The Morgan fingerprint density at radius 1 is 1.17 bits per heavy atom. The summed E-state index contributed by atoms with van der Waals surface area (Å²) < 4.78 is 30.5. The molecule has 0 saturated heterocycles. The van der Waals surface area contributed by atoms with Gasteiger partial charge in [0.15, 0.2) is 6.61 Å². The molecule has 0 bridgehead atoms. The molecule has 2 aromatic carbocycles. The number of amides is 1. The Morgan fingerprint density at radius 3 is 2.62 bits per heavy atom. The van der Waals surface area contributed by atoms with Crippen molar-refractivity contribution in [3.05, 3.63) is 54.1 Å². The van der Waals surface area contributed by atoms with E-state index >= 15 is 0 Å². The number of nitrogens with one attached hydrogen (secondary N) is 1. The summed E-state index contributed by atoms with van der Waals surface area (Å²) in [6, 6.07) is 13.8. The molecule has 0 fully saturated rings. The molecule has 2 aromatic rings. The van der Waals surface area contributed by atoms with Crippen LogP contribution in [0.5, 0.6) is 0 Å². The van der Waals surface area contributed by atoms with Crippen LogP contribution in [-0.2, 0) is 19.6 Å². The fraction of sp³-hybridized carbons (Fsp3) is 0.300. The van der Waals surface area contributed by atoms with Gasteiger partial charge in [-0.05, 0) is 30.7 Å². The minimum Gasteiger partial charge on any atom is -0.452 e. The minimum absolute atomic E-state index is 0.0474. The molecule has 1 aliphatic rings. The quantitative estimate of drug-likeness (QED) is 0.727. The van der Waals surface area contributed by atoms with Crippen molar-refractivity contribution in [3.8, 4) is 0 Å². The first kappa shape index (κ1) is 21.2. The second kappa shape index (κ2) is 8.87. The number of thioether (sulfide) groups is 1. The molecule has 29 heavy (non-hydrogen) atoms. The van der Waals surface area contributed by atoms with Gasteiger partial charge in [0.1, 0.15) is 0 Å². The molecule has 1 amide bonds. The minimum atomic E-state index is -3.56. The van der Waals surface area contributed by atoms with E-state index < -0.39 is 22.6 Å². The number of esters is 1. The van der Waals surface area contributed by atoms with Crippen LogP contribution in [0.15, 0.2) is 53.4 Å². The van der Waals surface area contributed by atoms with Crippen molar-refractivity contribution in [2.75, 3.05) is 29.0 Å². The van der Waals surface area contributed by atoms with Crippen molar-refractivity contribution in [2.45, 2.75) is 23.5 Å². The monoisotopic (exact) mass is 434 g/mol. The third kappa shape index (κ3) is 5.51. The number of para-hydroxylation sites is 2. The predicted molar refractivity (Wildman–Crippen MR) is 114 cm³/mol. The van der Waals surface area contributed by atoms with Crippen LogP contribution in [0, 0.1) is 0 Å². The smallest absolute Gasteiger partial charge is 0.340 e. The zero-order valence-electron chi connectivity index (χ0n) is 16.1. The van der Waals surface area contributed by atoms with Crippen molar-refractivity contribution in [1.29, 1.82) is 0 Å². The summed E-state index contributed by atoms with van der Waals surface area (Å²) >= 11 is 1.72. The Bertz CT molecular complexity index is 1020. The van der Waals surface area contributed by atoms with Crippen LogP contribution in [0.4, 0.5) is 11.4 Å². The molecule has 0 radical (unpaired) electrons. The average Bonchev–Trinajstić information content (AvgIpc) is 2.83. The van der Waals surface area contributed by atoms with E-state index in [-0.39, 0.29) is 17.2 Å². The molecule has 1 N–H and O–H groups in total. The van der Waals surface area contributed by atoms with Gasteiger partial charge in [-0.2, -0.15) is 0 Å². The van der Waals surface area contributed by atoms with Crippen LogP contribution in [-0.4, -0.2) is 45.0 Å². The third-order valence-electron chi connectivity index (χ3n) is 4.31. The van der Waals surface area contributed by atoms with E-state index in [1.807, 2.05) is 24.3 Å². The van der Waals surface area contributed by atoms with Gasteiger partial charge in [0.05, 0.1) is 23.2 Å². The maximum Gasteiger partial charge on any atom is 0.340 e. The number of benzene rings is 2. The van der Waals surface area contributed by atoms with E-state index in [9.17, 15) is 18.0 Å². The van der Waals surface area contributed by atoms with Crippen LogP contribution >= 0.6 is 11.8 Å². The summed E-state index contributed by atoms with van der Waals surface area (Å²) in [5.41, 5.74) is 0.964. The number of hydrogen-bond donors (Lipinski definition) is 1. The standard InChI is InChI=1S/C20H22N2O5S2/c1-14-11-12-22(17-9-5-6-10-18(17)28-14)19(23)13-27-20(24)15-7-3-4-8-16(15)21-29(2,25)26/h3-10,14,21H,11-13H2,1-2H3. The highest BCUT2D eigenvalue weighted by atomic mass is 32.2. The molecule has 1 aliphatic heterocycles. The topological polar surface area (TPSA) is 92.8 Å². The molecule has 3 rings (SSSR count). The first-order valence-electron chi connectivity index (χ1n) is 9.04. The molecule has 0 spiro atoms. The molecule has 154 valence electrons. The zero-order valence-corrected chi connectivity index (χ0v) is 17.8. The number of carbonyl (C=O) groups is 2. The summed E-state index contributed by atoms with van der Waals surface area (Å²) in [6.45, 7) is 2.22. The zero-order chi connectivity index (χ0) is 21.0. The highest BCUT2D eigenvalue weighted by Gasteiger charge is 2.25. The Morgan fingerprint density at radius 2 is 1.86 bits per heavy atom. The summed E-state index contributed by atoms with van der Waals surface area (Å²) in [6.07, 6.45) is 1.81. The van der Waals surface area contributed by atoms with Crippen LogP contribution in [0.2, 0.25) is 0 Å². The van der Waals surface area contributed by atoms with Gasteiger partial charge in [-0.15, -0.1) is 11.8 Å². The van der Waals surface area contributed by atoms with E-state index in [1.165, 1.54) is 12.1 Å². The molecule has 0 saturated carbocycles. The number of carbonyl (C=O) groups excluding carboxylic acids is 2. The molecule has 9 heteroatoms. The molecular formula is C20H22N2O5S2. The third-order valence-corrected chi connectivity index (χ3v) is 6.14. The lowest BCUT2D eigenvalue weighted by atomic mass is 10.2. The SMILES string of the molecule is CC1CCN(C(=O)COC(=O)c2ccccc2NS(C)(=O)=O)c2ccccc2S1. The van der Waals surface area contributed by atoms with Crippen molar-refractivity contribution >= 4 is 45.0 Å². The van der Waals surface area contributed by atoms with E-state index in [0.717, 1.165) is 23.3 Å². The lowest BCUT2D eigenvalue weighted by Crippen LogP contribution is -2.35. The first-order valence-corrected chi connectivity index (χ1v) is 11.8. The summed E-state index contributed by atoms with van der Waals surface area (Å²) in [7, 11) is -3.56. The maximum absolute atomic E-state index is 12.8. The molecular weight excluding hydrogens is 412 g/mol. The van der Waals surface area contributed by atoms with E-state index in [1.54, 1.807) is 28.8 Å². The molecule has 7 nitrogen and oxygen atoms in total. The molecule has 1 unspecified atom stereocenters. The van der Waals surface area contributed by atoms with Gasteiger partial charge < -0.3 is 9.64 Å². The van der Waals surface area contributed by atoms with E-state index in [2.05, 4.69) is 11.6 Å². The summed E-state index contributed by atoms with van der Waals surface area (Å²) in [4.78, 5) is 27.9. The largest absolute Gasteiger partial charge is 0.452 e. The molecule has 1 atom stereocenters. The lowest BCUT2D eigenvalue weighted by molar-refractivity contribution is -0.121. The number of fused-ring (bicyclic) bond motifs is 1. The summed E-state index contributed by atoms with van der Waals surface area (Å²) in [5, 5.41) is 0.366. The van der Waals surface area contributed by atoms with Crippen molar-refractivity contribution < 1.29 is 22.7 Å². The highest BCUT2D eigenvalue weighted by molar-refractivity contribution is 8.00. The maximum atomic E-state index is 12.8. The van der Waals surface area contributed by atoms with Gasteiger partial charge >= 0.3 is 5.97 Å². The van der Waals surface area contributed by atoms with Crippen LogP contribution in [0.1, 0.15) is 23.7 Å². The van der Waals surface area contributed by atoms with Gasteiger partial charge in [-0.25, -0.2) is 13.2 Å². The van der Waals surface area contributed by atoms with Crippen LogP contribution < -0.4 is 9.62 Å². The fourth-order valence-electron chi connectivity index (χ4n) is 2.98. The first-order chi connectivity index (χ1) is 13.7. The Kier molecular flexibility index (Phi) is 6.49. The Balaban J connectivity index is 1.72. The van der Waals surface area contributed by atoms with Gasteiger partial charge in [0, 0.05) is 16.7 Å². The highest BCUT2D eigenvalue weighted by Crippen LogP contribution is 2.37. The number of hydrogen-bond acceptors (Lipinski definition) is 6. The predicted octanol–water partition coefficient (Wildman–Crippen LogP) is 3.13. The lowest BCUT2D eigenvalue weighted by Gasteiger charge is -2.22. The van der Waals surface area contributed by atoms with E-state index in [4.69, 9.17) is 4.74 Å². The van der Waals surface area contributed by atoms with Crippen molar-refractivity contribution in [2.24, 2.45) is 0 Å². The number of rotatable bonds is 5. The molecule has 0 aromatic heterocycles. The van der Waals surface area contributed by atoms with Crippen LogP contribution in [0.3, 0.4) is 0 Å². The van der Waals surface area contributed by atoms with Gasteiger partial charge in [0.25, 0.3) is 5.91 Å².